The van der Waals surface area contributed by atoms with E-state index in [0.717, 1.165) is 37.6 Å². The first-order chi connectivity index (χ1) is 7.68. The molecule has 1 aliphatic rings. The Morgan fingerprint density at radius 3 is 2.56 bits per heavy atom. The van der Waals surface area contributed by atoms with E-state index in [1.165, 1.54) is 0 Å². The second-order valence-corrected chi connectivity index (χ2v) is 4.51. The van der Waals surface area contributed by atoms with Crippen LogP contribution in [0.15, 0.2) is 24.8 Å². The number of nitrogens with zero attached hydrogens (tertiary/aromatic N) is 1. The van der Waals surface area contributed by atoms with Crippen LogP contribution >= 0.6 is 23.2 Å². The maximum atomic E-state index is 6.14. The van der Waals surface area contributed by atoms with Gasteiger partial charge in [-0.3, -0.25) is 0 Å². The molecule has 0 unspecified atom stereocenters. The summed E-state index contributed by atoms with van der Waals surface area (Å²) in [5.74, 6) is 0. The Morgan fingerprint density at radius 2 is 1.94 bits per heavy atom. The number of hydrogen-bond acceptors (Lipinski definition) is 2. The van der Waals surface area contributed by atoms with Crippen molar-refractivity contribution in [2.45, 2.75) is 0 Å². The Bertz CT molecular complexity index is 400. The van der Waals surface area contributed by atoms with Crippen molar-refractivity contribution in [3.05, 3.63) is 40.4 Å². The van der Waals surface area contributed by atoms with E-state index in [2.05, 4.69) is 11.5 Å². The molecule has 2 nitrogen and oxygen atoms in total. The highest BCUT2D eigenvalue weighted by atomic mass is 35.5. The molecule has 0 aliphatic carbocycles. The van der Waals surface area contributed by atoms with Gasteiger partial charge >= 0.3 is 0 Å². The van der Waals surface area contributed by atoms with E-state index in [-0.39, 0.29) is 0 Å². The Balaban J connectivity index is 2.19. The molecule has 1 heterocycles. The first-order valence-electron chi connectivity index (χ1n) is 5.15. The highest BCUT2D eigenvalue weighted by Crippen LogP contribution is 2.28. The Kier molecular flexibility index (Phi) is 3.74. The van der Waals surface area contributed by atoms with Crippen LogP contribution in [0.2, 0.25) is 10.0 Å². The van der Waals surface area contributed by atoms with Crippen molar-refractivity contribution < 1.29 is 4.74 Å². The molecule has 0 N–H and O–H groups in total. The van der Waals surface area contributed by atoms with Gasteiger partial charge in [0.1, 0.15) is 0 Å². The first kappa shape index (κ1) is 11.8. The lowest BCUT2D eigenvalue weighted by Gasteiger charge is -2.30. The van der Waals surface area contributed by atoms with E-state index in [4.69, 9.17) is 27.9 Å². The van der Waals surface area contributed by atoms with Crippen LogP contribution in [0.25, 0.3) is 5.70 Å². The number of halogens is 2. The quantitative estimate of drug-likeness (QED) is 0.807. The Labute approximate surface area is 105 Å². The fraction of sp³-hybridized carbons (Fsp3) is 0.333. The molecular weight excluding hydrogens is 245 g/mol. The molecule has 1 aromatic rings. The molecule has 0 spiro atoms. The molecule has 0 amide bonds. The van der Waals surface area contributed by atoms with Gasteiger partial charge in [0.25, 0.3) is 0 Å². The number of benzene rings is 1. The maximum Gasteiger partial charge on any atom is 0.0642 e. The summed E-state index contributed by atoms with van der Waals surface area (Å²) in [5, 5.41) is 1.28. The number of rotatable bonds is 2. The van der Waals surface area contributed by atoms with Crippen LogP contribution in [0.4, 0.5) is 0 Å². The average Bonchev–Trinajstić information content (AvgIpc) is 2.29. The largest absolute Gasteiger partial charge is 0.378 e. The minimum atomic E-state index is 0.642. The lowest BCUT2D eigenvalue weighted by atomic mass is 10.1. The summed E-state index contributed by atoms with van der Waals surface area (Å²) in [7, 11) is 0. The smallest absolute Gasteiger partial charge is 0.0642 e. The molecule has 1 fully saturated rings. The molecule has 0 radical (unpaired) electrons. The summed E-state index contributed by atoms with van der Waals surface area (Å²) in [6.45, 7) is 7.28. The third-order valence-corrected chi connectivity index (χ3v) is 3.18. The van der Waals surface area contributed by atoms with Gasteiger partial charge in [-0.2, -0.15) is 0 Å². The fourth-order valence-electron chi connectivity index (χ4n) is 1.73. The van der Waals surface area contributed by atoms with Crippen LogP contribution in [-0.4, -0.2) is 31.2 Å². The molecule has 1 saturated heterocycles. The van der Waals surface area contributed by atoms with Crippen LogP contribution < -0.4 is 0 Å². The molecule has 1 aliphatic heterocycles. The summed E-state index contributed by atoms with van der Waals surface area (Å²) in [4.78, 5) is 2.18. The van der Waals surface area contributed by atoms with Gasteiger partial charge in [-0.1, -0.05) is 29.8 Å². The normalized spacial score (nSPS) is 16.2. The predicted octanol–water partition coefficient (Wildman–Crippen LogP) is 3.30. The van der Waals surface area contributed by atoms with Crippen molar-refractivity contribution in [2.75, 3.05) is 26.3 Å². The monoisotopic (exact) mass is 257 g/mol. The van der Waals surface area contributed by atoms with Crippen molar-refractivity contribution in [3.8, 4) is 0 Å². The van der Waals surface area contributed by atoms with Gasteiger partial charge in [0.15, 0.2) is 0 Å². The van der Waals surface area contributed by atoms with Crippen molar-refractivity contribution in [1.29, 1.82) is 0 Å². The second kappa shape index (κ2) is 5.09. The zero-order chi connectivity index (χ0) is 11.5. The van der Waals surface area contributed by atoms with Gasteiger partial charge in [0.05, 0.1) is 18.2 Å². The van der Waals surface area contributed by atoms with Gasteiger partial charge in [0.2, 0.25) is 0 Å². The van der Waals surface area contributed by atoms with E-state index in [0.29, 0.717) is 10.0 Å². The van der Waals surface area contributed by atoms with E-state index in [1.54, 1.807) is 6.07 Å². The highest BCUT2D eigenvalue weighted by molar-refractivity contribution is 6.35. The number of ether oxygens (including phenoxy) is 1. The van der Waals surface area contributed by atoms with Crippen molar-refractivity contribution >= 4 is 28.9 Å². The fourth-order valence-corrected chi connectivity index (χ4v) is 2.24. The summed E-state index contributed by atoms with van der Waals surface area (Å²) in [6.07, 6.45) is 0. The minimum absolute atomic E-state index is 0.642. The predicted molar refractivity (Wildman–Crippen MR) is 67.9 cm³/mol. The van der Waals surface area contributed by atoms with E-state index in [1.807, 2.05) is 12.1 Å². The molecule has 16 heavy (non-hydrogen) atoms. The van der Waals surface area contributed by atoms with Crippen molar-refractivity contribution in [1.82, 2.24) is 4.90 Å². The molecule has 4 heteroatoms. The zero-order valence-corrected chi connectivity index (χ0v) is 10.4. The SMILES string of the molecule is C=C(c1ccc(Cl)cc1Cl)N1CCOCC1. The molecule has 0 saturated carbocycles. The van der Waals surface area contributed by atoms with Gasteiger partial charge in [0, 0.05) is 29.4 Å². The lowest BCUT2D eigenvalue weighted by molar-refractivity contribution is 0.0641. The van der Waals surface area contributed by atoms with Crippen LogP contribution in [0.5, 0.6) is 0 Å². The highest BCUT2D eigenvalue weighted by Gasteiger charge is 2.15. The van der Waals surface area contributed by atoms with Crippen LogP contribution in [0.1, 0.15) is 5.56 Å². The summed E-state index contributed by atoms with van der Waals surface area (Å²) in [6, 6.07) is 5.47. The summed E-state index contributed by atoms with van der Waals surface area (Å²) < 4.78 is 5.30. The van der Waals surface area contributed by atoms with Crippen LogP contribution in [-0.2, 0) is 4.74 Å². The van der Waals surface area contributed by atoms with Crippen molar-refractivity contribution in [3.63, 3.8) is 0 Å². The molecule has 1 aromatic carbocycles. The third-order valence-electron chi connectivity index (χ3n) is 2.63. The van der Waals surface area contributed by atoms with Crippen LogP contribution in [0, 0.1) is 0 Å². The minimum Gasteiger partial charge on any atom is -0.378 e. The lowest BCUT2D eigenvalue weighted by Crippen LogP contribution is -2.34. The second-order valence-electron chi connectivity index (χ2n) is 3.67. The molecule has 0 bridgehead atoms. The van der Waals surface area contributed by atoms with Gasteiger partial charge < -0.3 is 9.64 Å². The van der Waals surface area contributed by atoms with Gasteiger partial charge in [-0.25, -0.2) is 0 Å². The molecular formula is C12H13Cl2NO. The molecule has 2 rings (SSSR count). The van der Waals surface area contributed by atoms with Gasteiger partial charge in [-0.05, 0) is 18.2 Å². The maximum absolute atomic E-state index is 6.14. The Hall–Kier alpha value is -0.700. The van der Waals surface area contributed by atoms with E-state index >= 15 is 0 Å². The van der Waals surface area contributed by atoms with E-state index < -0.39 is 0 Å². The first-order valence-corrected chi connectivity index (χ1v) is 5.91. The van der Waals surface area contributed by atoms with Gasteiger partial charge in [-0.15, -0.1) is 0 Å². The Morgan fingerprint density at radius 1 is 1.25 bits per heavy atom. The standard InChI is InChI=1S/C12H13Cl2NO/c1-9(15-4-6-16-7-5-15)11-3-2-10(13)8-12(11)14/h2-3,8H,1,4-7H2. The third kappa shape index (κ3) is 2.51. The summed E-state index contributed by atoms with van der Waals surface area (Å²) >= 11 is 12.0. The topological polar surface area (TPSA) is 12.5 Å². The number of morpholine rings is 1. The number of hydrogen-bond donors (Lipinski definition) is 0. The van der Waals surface area contributed by atoms with Crippen LogP contribution in [0.3, 0.4) is 0 Å². The average molecular weight is 258 g/mol. The molecule has 86 valence electrons. The molecule has 0 aromatic heterocycles. The van der Waals surface area contributed by atoms with E-state index in [9.17, 15) is 0 Å². The van der Waals surface area contributed by atoms with Crippen molar-refractivity contribution in [2.24, 2.45) is 0 Å². The summed E-state index contributed by atoms with van der Waals surface area (Å²) in [5.41, 5.74) is 1.87. The molecule has 0 atom stereocenters. The zero-order valence-electron chi connectivity index (χ0n) is 8.88.